The van der Waals surface area contributed by atoms with Crippen molar-refractivity contribution in [2.45, 2.75) is 52.0 Å². The molecule has 1 fully saturated rings. The number of carbonyl (C=O) groups excluding carboxylic acids is 1. The molecule has 0 atom stereocenters. The Morgan fingerprint density at radius 3 is 2.64 bits per heavy atom. The lowest BCUT2D eigenvalue weighted by atomic mass is 9.96. The van der Waals surface area contributed by atoms with Crippen LogP contribution in [0.15, 0.2) is 10.6 Å². The fraction of sp³-hybridized carbons (Fsp3) is 0.500. The Hall–Kier alpha value is -2.84. The van der Waals surface area contributed by atoms with Gasteiger partial charge in [0.15, 0.2) is 5.82 Å². The quantitative estimate of drug-likeness (QED) is 0.770. The van der Waals surface area contributed by atoms with Gasteiger partial charge in [-0.05, 0) is 32.8 Å². The predicted octanol–water partition coefficient (Wildman–Crippen LogP) is 1.63. The molecule has 0 aliphatic heterocycles. The topological polar surface area (TPSA) is 111 Å². The van der Waals surface area contributed by atoms with Crippen molar-refractivity contribution in [3.05, 3.63) is 35.0 Å². The van der Waals surface area contributed by atoms with Crippen LogP contribution >= 0.6 is 0 Å². The molecule has 0 aromatic carbocycles. The zero-order valence-corrected chi connectivity index (χ0v) is 14.4. The average molecular weight is 341 g/mol. The van der Waals surface area contributed by atoms with Crippen LogP contribution < -0.4 is 5.32 Å². The Bertz CT molecular complexity index is 953. The number of aryl methyl sites for hydroxylation is 3. The lowest BCUT2D eigenvalue weighted by Crippen LogP contribution is -2.45. The van der Waals surface area contributed by atoms with Gasteiger partial charge >= 0.3 is 0 Å². The lowest BCUT2D eigenvalue weighted by Gasteiger charge is -2.25. The SMILES string of the molecule is Cc1cc(C)n2nc(C(=O)NC3(c4noc(C)n4)CCCC3)nc2n1. The van der Waals surface area contributed by atoms with Crippen molar-refractivity contribution in [2.75, 3.05) is 0 Å². The Kier molecular flexibility index (Phi) is 3.52. The number of fused-ring (bicyclic) bond motifs is 1. The van der Waals surface area contributed by atoms with E-state index in [0.717, 1.165) is 37.1 Å². The standard InChI is InChI=1S/C16H19N7O2/c1-9-8-10(2)23-15(17-9)19-12(21-23)13(24)20-16(6-4-5-7-16)14-18-11(3)25-22-14/h8H,4-7H2,1-3H3,(H,20,24). The van der Waals surface area contributed by atoms with Gasteiger partial charge in [-0.1, -0.05) is 18.0 Å². The van der Waals surface area contributed by atoms with E-state index in [0.29, 0.717) is 17.5 Å². The third-order valence-electron chi connectivity index (χ3n) is 4.59. The predicted molar refractivity (Wildman–Crippen MR) is 86.9 cm³/mol. The number of carbonyl (C=O) groups is 1. The van der Waals surface area contributed by atoms with E-state index in [2.05, 4.69) is 30.5 Å². The van der Waals surface area contributed by atoms with Crippen LogP contribution in [0.5, 0.6) is 0 Å². The summed E-state index contributed by atoms with van der Waals surface area (Å²) in [5.74, 6) is 1.15. The number of rotatable bonds is 3. The van der Waals surface area contributed by atoms with Crippen LogP contribution in [0.3, 0.4) is 0 Å². The minimum Gasteiger partial charge on any atom is -0.340 e. The molecule has 1 N–H and O–H groups in total. The molecule has 3 heterocycles. The maximum Gasteiger partial charge on any atom is 0.291 e. The zero-order chi connectivity index (χ0) is 17.6. The average Bonchev–Trinajstić information content (AvgIpc) is 3.26. The van der Waals surface area contributed by atoms with Crippen molar-refractivity contribution in [2.24, 2.45) is 0 Å². The fourth-order valence-corrected chi connectivity index (χ4v) is 3.41. The van der Waals surface area contributed by atoms with Gasteiger partial charge in [0, 0.05) is 18.3 Å². The third-order valence-corrected chi connectivity index (χ3v) is 4.59. The molecule has 25 heavy (non-hydrogen) atoms. The van der Waals surface area contributed by atoms with E-state index < -0.39 is 5.54 Å². The summed E-state index contributed by atoms with van der Waals surface area (Å²) in [5.41, 5.74) is 1.09. The minimum atomic E-state index is -0.620. The van der Waals surface area contributed by atoms with Gasteiger partial charge in [0.05, 0.1) is 0 Å². The summed E-state index contributed by atoms with van der Waals surface area (Å²) in [6.07, 6.45) is 3.52. The maximum absolute atomic E-state index is 12.8. The molecule has 9 heteroatoms. The molecule has 1 amide bonds. The second-order valence-corrected chi connectivity index (χ2v) is 6.57. The Morgan fingerprint density at radius 2 is 1.96 bits per heavy atom. The summed E-state index contributed by atoms with van der Waals surface area (Å²) in [4.78, 5) is 25.7. The molecule has 0 saturated heterocycles. The Labute approximate surface area is 143 Å². The van der Waals surface area contributed by atoms with Crippen molar-refractivity contribution in [1.29, 1.82) is 0 Å². The summed E-state index contributed by atoms with van der Waals surface area (Å²) in [7, 11) is 0. The lowest BCUT2D eigenvalue weighted by molar-refractivity contribution is 0.0881. The maximum atomic E-state index is 12.8. The van der Waals surface area contributed by atoms with Crippen LogP contribution in [-0.2, 0) is 5.54 Å². The summed E-state index contributed by atoms with van der Waals surface area (Å²) in [5, 5.41) is 11.4. The van der Waals surface area contributed by atoms with Gasteiger partial charge < -0.3 is 9.84 Å². The first-order valence-electron chi connectivity index (χ1n) is 8.31. The van der Waals surface area contributed by atoms with E-state index in [-0.39, 0.29) is 11.7 Å². The van der Waals surface area contributed by atoms with E-state index in [1.807, 2.05) is 19.9 Å². The van der Waals surface area contributed by atoms with Gasteiger partial charge in [-0.2, -0.15) is 9.97 Å². The highest BCUT2D eigenvalue weighted by molar-refractivity contribution is 5.91. The first kappa shape index (κ1) is 15.7. The zero-order valence-electron chi connectivity index (χ0n) is 14.4. The number of aromatic nitrogens is 6. The molecule has 0 unspecified atom stereocenters. The second-order valence-electron chi connectivity index (χ2n) is 6.57. The molecule has 0 spiro atoms. The van der Waals surface area contributed by atoms with Crippen LogP contribution in [0.1, 0.15) is 59.4 Å². The molecular formula is C16H19N7O2. The van der Waals surface area contributed by atoms with Crippen molar-refractivity contribution in [3.8, 4) is 0 Å². The highest BCUT2D eigenvalue weighted by atomic mass is 16.5. The van der Waals surface area contributed by atoms with E-state index in [1.165, 1.54) is 0 Å². The number of hydrogen-bond donors (Lipinski definition) is 1. The van der Waals surface area contributed by atoms with E-state index in [1.54, 1.807) is 11.4 Å². The van der Waals surface area contributed by atoms with Crippen molar-refractivity contribution in [3.63, 3.8) is 0 Å². The molecule has 0 bridgehead atoms. The highest BCUT2D eigenvalue weighted by Crippen LogP contribution is 2.37. The van der Waals surface area contributed by atoms with Crippen LogP contribution in [0, 0.1) is 20.8 Å². The second kappa shape index (κ2) is 5.61. The smallest absolute Gasteiger partial charge is 0.291 e. The molecule has 4 rings (SSSR count). The number of hydrogen-bond acceptors (Lipinski definition) is 7. The molecule has 1 saturated carbocycles. The van der Waals surface area contributed by atoms with Gasteiger partial charge in [-0.15, -0.1) is 5.10 Å². The van der Waals surface area contributed by atoms with Gasteiger partial charge in [-0.3, -0.25) is 4.79 Å². The first-order chi connectivity index (χ1) is 12.0. The Balaban J connectivity index is 1.67. The van der Waals surface area contributed by atoms with E-state index >= 15 is 0 Å². The van der Waals surface area contributed by atoms with Crippen LogP contribution in [-0.4, -0.2) is 35.6 Å². The largest absolute Gasteiger partial charge is 0.340 e. The van der Waals surface area contributed by atoms with Gasteiger partial charge in [0.1, 0.15) is 5.54 Å². The summed E-state index contributed by atoms with van der Waals surface area (Å²) < 4.78 is 6.68. The normalized spacial score (nSPS) is 16.4. The van der Waals surface area contributed by atoms with Crippen molar-refractivity contribution >= 4 is 11.7 Å². The van der Waals surface area contributed by atoms with E-state index in [4.69, 9.17) is 4.52 Å². The molecular weight excluding hydrogens is 322 g/mol. The molecule has 1 aliphatic rings. The molecule has 1 aliphatic carbocycles. The van der Waals surface area contributed by atoms with E-state index in [9.17, 15) is 4.79 Å². The highest BCUT2D eigenvalue weighted by Gasteiger charge is 2.42. The number of nitrogens with one attached hydrogen (secondary N) is 1. The number of amides is 1. The summed E-state index contributed by atoms with van der Waals surface area (Å²) in [6, 6.07) is 1.89. The molecule has 0 radical (unpaired) electrons. The molecule has 130 valence electrons. The minimum absolute atomic E-state index is 0.0905. The monoisotopic (exact) mass is 341 g/mol. The molecule has 3 aromatic heterocycles. The van der Waals surface area contributed by atoms with Gasteiger partial charge in [0.25, 0.3) is 11.7 Å². The first-order valence-corrected chi connectivity index (χ1v) is 8.31. The van der Waals surface area contributed by atoms with Crippen LogP contribution in [0.4, 0.5) is 0 Å². The summed E-state index contributed by atoms with van der Waals surface area (Å²) in [6.45, 7) is 5.52. The fourth-order valence-electron chi connectivity index (χ4n) is 3.41. The summed E-state index contributed by atoms with van der Waals surface area (Å²) >= 11 is 0. The van der Waals surface area contributed by atoms with Gasteiger partial charge in [-0.25, -0.2) is 9.50 Å². The number of nitrogens with zero attached hydrogens (tertiary/aromatic N) is 6. The van der Waals surface area contributed by atoms with Gasteiger partial charge in [0.2, 0.25) is 11.7 Å². The van der Waals surface area contributed by atoms with Crippen LogP contribution in [0.25, 0.3) is 5.78 Å². The molecule has 9 nitrogen and oxygen atoms in total. The molecule has 3 aromatic rings. The van der Waals surface area contributed by atoms with Crippen LogP contribution in [0.2, 0.25) is 0 Å². The van der Waals surface area contributed by atoms with Crippen molar-refractivity contribution in [1.82, 2.24) is 35.0 Å². The van der Waals surface area contributed by atoms with Crippen molar-refractivity contribution < 1.29 is 9.32 Å². The third kappa shape index (κ3) is 2.65. The Morgan fingerprint density at radius 1 is 1.20 bits per heavy atom.